The number of hydrogen-bond donors (Lipinski definition) is 2. The first kappa shape index (κ1) is 16.2. The Hall–Kier alpha value is -2.62. The topological polar surface area (TPSA) is 66.4 Å². The zero-order valence-corrected chi connectivity index (χ0v) is 13.8. The number of aliphatic carboxylic acids is 1. The van der Waals surface area contributed by atoms with E-state index in [1.807, 2.05) is 62.4 Å². The van der Waals surface area contributed by atoms with Gasteiger partial charge >= 0.3 is 5.97 Å². The van der Waals surface area contributed by atoms with Crippen LogP contribution in [0.2, 0.25) is 0 Å². The molecular formula is C20H21NO3. The average Bonchev–Trinajstić information content (AvgIpc) is 2.88. The Morgan fingerprint density at radius 1 is 1.00 bits per heavy atom. The summed E-state index contributed by atoms with van der Waals surface area (Å²) in [6.45, 7) is 3.89. The van der Waals surface area contributed by atoms with E-state index in [1.165, 1.54) is 0 Å². The van der Waals surface area contributed by atoms with E-state index in [0.29, 0.717) is 6.42 Å². The highest BCUT2D eigenvalue weighted by Crippen LogP contribution is 2.44. The molecule has 124 valence electrons. The number of amides is 1. The summed E-state index contributed by atoms with van der Waals surface area (Å²) in [5.74, 6) is -1.50. The third kappa shape index (κ3) is 2.92. The summed E-state index contributed by atoms with van der Waals surface area (Å²) in [7, 11) is 0. The fourth-order valence-electron chi connectivity index (χ4n) is 3.39. The van der Waals surface area contributed by atoms with Gasteiger partial charge in [-0.25, -0.2) is 4.79 Å². The van der Waals surface area contributed by atoms with Crippen LogP contribution in [0.1, 0.15) is 37.3 Å². The molecule has 0 unspecified atom stereocenters. The van der Waals surface area contributed by atoms with Crippen LogP contribution in [0.25, 0.3) is 11.1 Å². The second kappa shape index (κ2) is 6.48. The van der Waals surface area contributed by atoms with Crippen molar-refractivity contribution < 1.29 is 14.7 Å². The van der Waals surface area contributed by atoms with Gasteiger partial charge in [0.1, 0.15) is 6.04 Å². The molecule has 4 nitrogen and oxygen atoms in total. The summed E-state index contributed by atoms with van der Waals surface area (Å²) in [5, 5.41) is 12.1. The van der Waals surface area contributed by atoms with Gasteiger partial charge in [-0.2, -0.15) is 0 Å². The standard InChI is InChI=1S/C20H21NO3/c1-12(2)11-17(20(23)24)21-19(22)18-15-9-5-3-7-13(15)14-8-4-6-10-16(14)18/h3-10,12,17-18H,11H2,1-2H3,(H,21,22)(H,23,24)/t17-/m0/s1. The molecule has 0 fully saturated rings. The number of carboxylic acids is 1. The molecule has 0 heterocycles. The first-order valence-corrected chi connectivity index (χ1v) is 8.20. The number of carboxylic acid groups (broad SMARTS) is 1. The fourth-order valence-corrected chi connectivity index (χ4v) is 3.39. The van der Waals surface area contributed by atoms with E-state index >= 15 is 0 Å². The van der Waals surface area contributed by atoms with E-state index in [-0.39, 0.29) is 11.8 Å². The van der Waals surface area contributed by atoms with Crippen LogP contribution < -0.4 is 5.32 Å². The molecule has 2 aromatic rings. The predicted molar refractivity (Wildman–Crippen MR) is 92.7 cm³/mol. The van der Waals surface area contributed by atoms with Crippen molar-refractivity contribution in [3.8, 4) is 11.1 Å². The molecule has 0 saturated carbocycles. The van der Waals surface area contributed by atoms with Gasteiger partial charge in [-0.15, -0.1) is 0 Å². The maximum absolute atomic E-state index is 12.9. The van der Waals surface area contributed by atoms with Gasteiger partial charge in [-0.1, -0.05) is 62.4 Å². The predicted octanol–water partition coefficient (Wildman–Crippen LogP) is 3.41. The van der Waals surface area contributed by atoms with Crippen LogP contribution in [0.4, 0.5) is 0 Å². The van der Waals surface area contributed by atoms with Gasteiger partial charge < -0.3 is 10.4 Å². The maximum atomic E-state index is 12.9. The van der Waals surface area contributed by atoms with Gasteiger partial charge in [0.15, 0.2) is 0 Å². The van der Waals surface area contributed by atoms with Crippen LogP contribution in [0, 0.1) is 5.92 Å². The summed E-state index contributed by atoms with van der Waals surface area (Å²) in [6.07, 6.45) is 0.414. The lowest BCUT2D eigenvalue weighted by Gasteiger charge is -2.20. The molecule has 1 atom stereocenters. The number of rotatable bonds is 5. The first-order valence-electron chi connectivity index (χ1n) is 8.20. The minimum atomic E-state index is -0.989. The molecule has 1 aliphatic rings. The fraction of sp³-hybridized carbons (Fsp3) is 0.300. The first-order chi connectivity index (χ1) is 11.5. The van der Waals surface area contributed by atoms with E-state index in [4.69, 9.17) is 0 Å². The highest BCUT2D eigenvalue weighted by molar-refractivity contribution is 5.97. The van der Waals surface area contributed by atoms with Crippen molar-refractivity contribution in [3.63, 3.8) is 0 Å². The molecule has 2 aromatic carbocycles. The Labute approximate surface area is 141 Å². The van der Waals surface area contributed by atoms with Crippen molar-refractivity contribution in [1.82, 2.24) is 5.32 Å². The number of benzene rings is 2. The summed E-state index contributed by atoms with van der Waals surface area (Å²) in [6, 6.07) is 14.8. The lowest BCUT2D eigenvalue weighted by Crippen LogP contribution is -2.43. The number of fused-ring (bicyclic) bond motifs is 3. The van der Waals surface area contributed by atoms with E-state index in [2.05, 4.69) is 5.32 Å². The van der Waals surface area contributed by atoms with Gasteiger partial charge in [0.05, 0.1) is 5.92 Å². The van der Waals surface area contributed by atoms with E-state index in [1.54, 1.807) is 0 Å². The van der Waals surface area contributed by atoms with E-state index in [9.17, 15) is 14.7 Å². The van der Waals surface area contributed by atoms with Crippen LogP contribution in [-0.2, 0) is 9.59 Å². The van der Waals surface area contributed by atoms with Crippen molar-refractivity contribution in [2.75, 3.05) is 0 Å². The van der Waals surface area contributed by atoms with Gasteiger partial charge in [-0.3, -0.25) is 4.79 Å². The Balaban J connectivity index is 1.94. The van der Waals surface area contributed by atoms with E-state index < -0.39 is 17.9 Å². The van der Waals surface area contributed by atoms with Crippen molar-refractivity contribution in [3.05, 3.63) is 59.7 Å². The van der Waals surface area contributed by atoms with Gasteiger partial charge in [0, 0.05) is 0 Å². The van der Waals surface area contributed by atoms with Crippen LogP contribution >= 0.6 is 0 Å². The number of nitrogens with one attached hydrogen (secondary N) is 1. The Bertz CT molecular complexity index is 736. The van der Waals surface area contributed by atoms with Crippen LogP contribution in [-0.4, -0.2) is 23.0 Å². The third-order valence-corrected chi connectivity index (χ3v) is 4.42. The Morgan fingerprint density at radius 2 is 1.50 bits per heavy atom. The smallest absolute Gasteiger partial charge is 0.326 e. The summed E-state index contributed by atoms with van der Waals surface area (Å²) >= 11 is 0. The highest BCUT2D eigenvalue weighted by Gasteiger charge is 2.35. The van der Waals surface area contributed by atoms with Gasteiger partial charge in [0.2, 0.25) is 5.91 Å². The quantitative estimate of drug-likeness (QED) is 0.886. The van der Waals surface area contributed by atoms with Crippen LogP contribution in [0.5, 0.6) is 0 Å². The maximum Gasteiger partial charge on any atom is 0.326 e. The average molecular weight is 323 g/mol. The normalized spacial score (nSPS) is 14.1. The van der Waals surface area contributed by atoms with Gasteiger partial charge in [-0.05, 0) is 34.6 Å². The molecule has 24 heavy (non-hydrogen) atoms. The lowest BCUT2D eigenvalue weighted by atomic mass is 9.95. The second-order valence-electron chi connectivity index (χ2n) is 6.64. The molecule has 0 aromatic heterocycles. The molecular weight excluding hydrogens is 302 g/mol. The summed E-state index contributed by atoms with van der Waals surface area (Å²) in [5.41, 5.74) is 3.96. The second-order valence-corrected chi connectivity index (χ2v) is 6.64. The molecule has 0 bridgehead atoms. The molecule has 4 heteroatoms. The molecule has 0 aliphatic heterocycles. The zero-order chi connectivity index (χ0) is 17.3. The molecule has 1 amide bonds. The molecule has 2 N–H and O–H groups in total. The van der Waals surface area contributed by atoms with Crippen LogP contribution in [0.15, 0.2) is 48.5 Å². The number of carbonyl (C=O) groups excluding carboxylic acids is 1. The molecule has 0 spiro atoms. The monoisotopic (exact) mass is 323 g/mol. The molecule has 0 radical (unpaired) electrons. The van der Waals surface area contributed by atoms with Crippen molar-refractivity contribution in [1.29, 1.82) is 0 Å². The highest BCUT2D eigenvalue weighted by atomic mass is 16.4. The van der Waals surface area contributed by atoms with Crippen molar-refractivity contribution >= 4 is 11.9 Å². The largest absolute Gasteiger partial charge is 0.480 e. The van der Waals surface area contributed by atoms with Crippen LogP contribution in [0.3, 0.4) is 0 Å². The van der Waals surface area contributed by atoms with Gasteiger partial charge in [0.25, 0.3) is 0 Å². The van der Waals surface area contributed by atoms with Crippen molar-refractivity contribution in [2.24, 2.45) is 5.92 Å². The summed E-state index contributed by atoms with van der Waals surface area (Å²) in [4.78, 5) is 24.4. The third-order valence-electron chi connectivity index (χ3n) is 4.42. The SMILES string of the molecule is CC(C)C[C@H](NC(=O)C1c2ccccc2-c2ccccc21)C(=O)O. The Morgan fingerprint density at radius 3 is 1.96 bits per heavy atom. The van der Waals surface area contributed by atoms with E-state index in [0.717, 1.165) is 22.3 Å². The lowest BCUT2D eigenvalue weighted by molar-refractivity contribution is -0.142. The zero-order valence-electron chi connectivity index (χ0n) is 13.8. The summed E-state index contributed by atoms with van der Waals surface area (Å²) < 4.78 is 0. The molecule has 0 saturated heterocycles. The number of carbonyl (C=O) groups is 2. The minimum Gasteiger partial charge on any atom is -0.480 e. The number of hydrogen-bond acceptors (Lipinski definition) is 2. The molecule has 1 aliphatic carbocycles. The van der Waals surface area contributed by atoms with Crippen molar-refractivity contribution in [2.45, 2.75) is 32.2 Å². The Kier molecular flexibility index (Phi) is 4.38. The molecule has 3 rings (SSSR count). The minimum absolute atomic E-state index is 0.189.